The molecule has 1 aromatic heterocycles. The van der Waals surface area contributed by atoms with Gasteiger partial charge in [-0.3, -0.25) is 0 Å². The van der Waals surface area contributed by atoms with Gasteiger partial charge < -0.3 is 10.4 Å². The molecule has 0 aliphatic heterocycles. The maximum absolute atomic E-state index is 11.9. The van der Waals surface area contributed by atoms with Crippen LogP contribution in [0.3, 0.4) is 0 Å². The van der Waals surface area contributed by atoms with Crippen molar-refractivity contribution in [1.29, 1.82) is 0 Å². The van der Waals surface area contributed by atoms with E-state index >= 15 is 0 Å². The Bertz CT molecular complexity index is 300. The first-order valence-corrected chi connectivity index (χ1v) is 4.56. The average Bonchev–Trinajstić information content (AvgIpc) is 2.16. The lowest BCUT2D eigenvalue weighted by molar-refractivity contribution is 0.00380. The highest BCUT2D eigenvalue weighted by Gasteiger charge is 2.16. The lowest BCUT2D eigenvalue weighted by atomic mass is 10.3. The molecule has 0 amide bonds. The lowest BCUT2D eigenvalue weighted by Gasteiger charge is -2.11. The van der Waals surface area contributed by atoms with Gasteiger partial charge in [0.25, 0.3) is 6.43 Å². The minimum absolute atomic E-state index is 0.257. The van der Waals surface area contributed by atoms with Crippen molar-refractivity contribution in [2.75, 3.05) is 11.9 Å². The fourth-order valence-corrected chi connectivity index (χ4v) is 1.09. The SMILES string of the molecule is OC(CNc1ncncc1Br)C(F)F. The fraction of sp³-hybridized carbons (Fsp3) is 0.429. The Hall–Kier alpha value is -0.820. The summed E-state index contributed by atoms with van der Waals surface area (Å²) in [4.78, 5) is 7.48. The Morgan fingerprint density at radius 1 is 1.57 bits per heavy atom. The second kappa shape index (κ2) is 5.16. The minimum Gasteiger partial charge on any atom is -0.385 e. The maximum Gasteiger partial charge on any atom is 0.265 e. The zero-order valence-electron chi connectivity index (χ0n) is 6.99. The van der Waals surface area contributed by atoms with Crippen molar-refractivity contribution >= 4 is 21.7 Å². The quantitative estimate of drug-likeness (QED) is 0.863. The van der Waals surface area contributed by atoms with Gasteiger partial charge in [-0.15, -0.1) is 0 Å². The number of aliphatic hydroxyl groups excluding tert-OH is 1. The van der Waals surface area contributed by atoms with Crippen molar-refractivity contribution in [1.82, 2.24) is 9.97 Å². The molecule has 78 valence electrons. The Kier molecular flexibility index (Phi) is 4.15. The number of hydrogen-bond donors (Lipinski definition) is 2. The van der Waals surface area contributed by atoms with Crippen molar-refractivity contribution in [3.63, 3.8) is 0 Å². The van der Waals surface area contributed by atoms with E-state index in [0.717, 1.165) is 0 Å². The van der Waals surface area contributed by atoms with Crippen LogP contribution in [0.15, 0.2) is 17.0 Å². The third-order valence-corrected chi connectivity index (χ3v) is 2.02. The van der Waals surface area contributed by atoms with E-state index in [2.05, 4.69) is 31.2 Å². The Morgan fingerprint density at radius 3 is 2.86 bits per heavy atom. The summed E-state index contributed by atoms with van der Waals surface area (Å²) in [7, 11) is 0. The summed E-state index contributed by atoms with van der Waals surface area (Å²) in [6.45, 7) is -0.257. The first-order valence-electron chi connectivity index (χ1n) is 3.77. The Labute approximate surface area is 87.5 Å². The molecule has 7 heteroatoms. The van der Waals surface area contributed by atoms with Crippen molar-refractivity contribution < 1.29 is 13.9 Å². The number of hydrogen-bond acceptors (Lipinski definition) is 4. The fourth-order valence-electron chi connectivity index (χ4n) is 0.733. The highest BCUT2D eigenvalue weighted by molar-refractivity contribution is 9.10. The van der Waals surface area contributed by atoms with Crippen LogP contribution < -0.4 is 5.32 Å². The van der Waals surface area contributed by atoms with Crippen LogP contribution in [0, 0.1) is 0 Å². The molecule has 1 rings (SSSR count). The molecule has 1 unspecified atom stereocenters. The van der Waals surface area contributed by atoms with Crippen LogP contribution >= 0.6 is 15.9 Å². The topological polar surface area (TPSA) is 58.0 Å². The Balaban J connectivity index is 2.50. The Morgan fingerprint density at radius 2 is 2.29 bits per heavy atom. The summed E-state index contributed by atoms with van der Waals surface area (Å²) in [6.07, 6.45) is -1.70. The van der Waals surface area contributed by atoms with E-state index in [9.17, 15) is 8.78 Å². The van der Waals surface area contributed by atoms with E-state index in [4.69, 9.17) is 5.11 Å². The molecule has 1 aromatic rings. The van der Waals surface area contributed by atoms with Crippen molar-refractivity contribution in [2.24, 2.45) is 0 Å². The van der Waals surface area contributed by atoms with Crippen LogP contribution in [0.2, 0.25) is 0 Å². The molecular formula is C7H8BrF2N3O. The molecule has 2 N–H and O–H groups in total. The van der Waals surface area contributed by atoms with Crippen LogP contribution in [-0.2, 0) is 0 Å². The number of nitrogens with zero attached hydrogens (tertiary/aromatic N) is 2. The van der Waals surface area contributed by atoms with Crippen LogP contribution in [0.5, 0.6) is 0 Å². The molecule has 14 heavy (non-hydrogen) atoms. The minimum atomic E-state index is -2.76. The second-order valence-electron chi connectivity index (χ2n) is 2.50. The largest absolute Gasteiger partial charge is 0.385 e. The standard InChI is InChI=1S/C7H8BrF2N3O/c8-4-1-11-3-13-7(4)12-2-5(14)6(9)10/h1,3,5-6,14H,2H2,(H,11,12,13). The maximum atomic E-state index is 11.9. The van der Waals surface area contributed by atoms with E-state index in [1.54, 1.807) is 0 Å². The number of aliphatic hydroxyl groups is 1. The summed E-state index contributed by atoms with van der Waals surface area (Å²) in [6, 6.07) is 0. The van der Waals surface area contributed by atoms with Crippen LogP contribution in [0.25, 0.3) is 0 Å². The van der Waals surface area contributed by atoms with Gasteiger partial charge in [0, 0.05) is 12.7 Å². The van der Waals surface area contributed by atoms with E-state index in [1.165, 1.54) is 12.5 Å². The van der Waals surface area contributed by atoms with Gasteiger partial charge in [0.2, 0.25) is 0 Å². The molecule has 0 bridgehead atoms. The number of alkyl halides is 2. The van der Waals surface area contributed by atoms with E-state index in [1.807, 2.05) is 0 Å². The lowest BCUT2D eigenvalue weighted by Crippen LogP contribution is -2.27. The first-order chi connectivity index (χ1) is 6.61. The molecule has 4 nitrogen and oxygen atoms in total. The van der Waals surface area contributed by atoms with Gasteiger partial charge in [0.1, 0.15) is 18.2 Å². The van der Waals surface area contributed by atoms with Gasteiger partial charge in [-0.25, -0.2) is 18.7 Å². The van der Waals surface area contributed by atoms with Crippen molar-refractivity contribution in [3.8, 4) is 0 Å². The molecule has 0 aliphatic rings. The molecule has 0 saturated carbocycles. The number of anilines is 1. The molecular weight excluding hydrogens is 260 g/mol. The molecule has 0 fully saturated rings. The van der Waals surface area contributed by atoms with Crippen LogP contribution in [0.4, 0.5) is 14.6 Å². The van der Waals surface area contributed by atoms with Gasteiger partial charge in [-0.05, 0) is 15.9 Å². The van der Waals surface area contributed by atoms with Crippen LogP contribution in [-0.4, -0.2) is 34.1 Å². The van der Waals surface area contributed by atoms with Gasteiger partial charge in [-0.2, -0.15) is 0 Å². The van der Waals surface area contributed by atoms with Gasteiger partial charge >= 0.3 is 0 Å². The normalized spacial score (nSPS) is 12.9. The monoisotopic (exact) mass is 267 g/mol. The van der Waals surface area contributed by atoms with E-state index in [-0.39, 0.29) is 6.54 Å². The summed E-state index contributed by atoms with van der Waals surface area (Å²) in [5.41, 5.74) is 0. The molecule has 0 radical (unpaired) electrons. The van der Waals surface area contributed by atoms with Crippen molar-refractivity contribution in [3.05, 3.63) is 17.0 Å². The molecule has 0 spiro atoms. The zero-order valence-corrected chi connectivity index (χ0v) is 8.58. The summed E-state index contributed by atoms with van der Waals surface area (Å²) in [5, 5.41) is 11.4. The van der Waals surface area contributed by atoms with Crippen LogP contribution in [0.1, 0.15) is 0 Å². The molecule has 1 atom stereocenters. The predicted molar refractivity (Wildman–Crippen MR) is 50.2 cm³/mol. The highest BCUT2D eigenvalue weighted by atomic mass is 79.9. The third kappa shape index (κ3) is 3.15. The van der Waals surface area contributed by atoms with Gasteiger partial charge in [0.15, 0.2) is 0 Å². The first kappa shape index (κ1) is 11.3. The second-order valence-corrected chi connectivity index (χ2v) is 3.36. The average molecular weight is 268 g/mol. The van der Waals surface area contributed by atoms with Crippen molar-refractivity contribution in [2.45, 2.75) is 12.5 Å². The summed E-state index contributed by atoms with van der Waals surface area (Å²) in [5.74, 6) is 0.375. The number of rotatable bonds is 4. The zero-order chi connectivity index (χ0) is 10.6. The van der Waals surface area contributed by atoms with E-state index in [0.29, 0.717) is 10.3 Å². The van der Waals surface area contributed by atoms with E-state index < -0.39 is 12.5 Å². The number of halogens is 3. The molecule has 0 aliphatic carbocycles. The molecule has 0 saturated heterocycles. The number of aromatic nitrogens is 2. The summed E-state index contributed by atoms with van der Waals surface area (Å²) >= 11 is 3.13. The summed E-state index contributed by atoms with van der Waals surface area (Å²) < 4.78 is 24.4. The molecule has 1 heterocycles. The number of nitrogens with one attached hydrogen (secondary N) is 1. The third-order valence-electron chi connectivity index (χ3n) is 1.44. The van der Waals surface area contributed by atoms with Gasteiger partial charge in [-0.1, -0.05) is 0 Å². The highest BCUT2D eigenvalue weighted by Crippen LogP contribution is 2.17. The predicted octanol–water partition coefficient (Wildman–Crippen LogP) is 1.28. The molecule has 0 aromatic carbocycles. The smallest absolute Gasteiger partial charge is 0.265 e. The van der Waals surface area contributed by atoms with Gasteiger partial charge in [0.05, 0.1) is 4.47 Å².